The fourth-order valence-corrected chi connectivity index (χ4v) is 2.77. The molecular weight excluding hydrogens is 264 g/mol. The summed E-state index contributed by atoms with van der Waals surface area (Å²) in [5.41, 5.74) is -0.614. The molecule has 0 aromatic carbocycles. The molecule has 0 saturated carbocycles. The first-order valence-electron chi connectivity index (χ1n) is 6.69. The minimum absolute atomic E-state index is 0.00867. The van der Waals surface area contributed by atoms with Gasteiger partial charge in [0.15, 0.2) is 0 Å². The molecule has 2 aliphatic heterocycles. The third kappa shape index (κ3) is 2.86. The maximum atomic E-state index is 12.2. The fraction of sp³-hybridized carbons (Fsp3) is 0.769. The monoisotopic (exact) mass is 284 g/mol. The number of amides is 2. The Balaban J connectivity index is 2.07. The van der Waals surface area contributed by atoms with Crippen molar-refractivity contribution >= 4 is 18.0 Å². The molecule has 0 radical (unpaired) electrons. The van der Waals surface area contributed by atoms with Gasteiger partial charge in [-0.2, -0.15) is 0 Å². The lowest BCUT2D eigenvalue weighted by Crippen LogP contribution is -2.46. The van der Waals surface area contributed by atoms with Gasteiger partial charge in [-0.1, -0.05) is 0 Å². The van der Waals surface area contributed by atoms with E-state index < -0.39 is 23.7 Å². The maximum absolute atomic E-state index is 12.2. The molecule has 20 heavy (non-hydrogen) atoms. The van der Waals surface area contributed by atoms with Crippen LogP contribution in [0.5, 0.6) is 0 Å². The van der Waals surface area contributed by atoms with Crippen molar-refractivity contribution in [3.05, 3.63) is 0 Å². The largest absolute Gasteiger partial charge is 0.480 e. The number of carboxylic acids is 1. The van der Waals surface area contributed by atoms with Crippen molar-refractivity contribution in [2.24, 2.45) is 5.92 Å². The molecule has 7 nitrogen and oxygen atoms in total. The molecule has 0 aromatic rings. The normalized spacial score (nSPS) is 25.9. The Kier molecular flexibility index (Phi) is 3.62. The number of ether oxygens (including phenoxy) is 1. The average Bonchev–Trinajstić information content (AvgIpc) is 2.78. The second-order valence-electron chi connectivity index (χ2n) is 6.28. The van der Waals surface area contributed by atoms with Gasteiger partial charge < -0.3 is 14.7 Å². The van der Waals surface area contributed by atoms with Crippen molar-refractivity contribution in [3.8, 4) is 0 Å². The molecule has 2 heterocycles. The van der Waals surface area contributed by atoms with E-state index in [1.165, 1.54) is 9.80 Å². The van der Waals surface area contributed by atoms with Crippen LogP contribution >= 0.6 is 0 Å². The minimum Gasteiger partial charge on any atom is -0.480 e. The Hall–Kier alpha value is -1.79. The quantitative estimate of drug-likeness (QED) is 0.799. The average molecular weight is 284 g/mol. The van der Waals surface area contributed by atoms with Crippen molar-refractivity contribution in [3.63, 3.8) is 0 Å². The summed E-state index contributed by atoms with van der Waals surface area (Å²) in [5, 5.41) is 8.78. The molecule has 7 heteroatoms. The van der Waals surface area contributed by atoms with Gasteiger partial charge in [0.1, 0.15) is 18.2 Å². The van der Waals surface area contributed by atoms with Crippen LogP contribution in [0, 0.1) is 5.92 Å². The van der Waals surface area contributed by atoms with Gasteiger partial charge in [-0.3, -0.25) is 14.5 Å². The van der Waals surface area contributed by atoms with E-state index in [9.17, 15) is 14.4 Å². The summed E-state index contributed by atoms with van der Waals surface area (Å²) in [4.78, 5) is 37.8. The van der Waals surface area contributed by atoms with Gasteiger partial charge in [-0.05, 0) is 27.2 Å². The minimum atomic E-state index is -1.04. The van der Waals surface area contributed by atoms with E-state index in [-0.39, 0.29) is 18.4 Å². The van der Waals surface area contributed by atoms with Crippen LogP contribution in [-0.4, -0.2) is 64.2 Å². The number of carboxylic acid groups (broad SMARTS) is 1. The van der Waals surface area contributed by atoms with Crippen LogP contribution in [0.3, 0.4) is 0 Å². The van der Waals surface area contributed by atoms with Crippen LogP contribution in [0.1, 0.15) is 27.2 Å². The first kappa shape index (κ1) is 14.6. The molecule has 1 N–H and O–H groups in total. The van der Waals surface area contributed by atoms with Crippen molar-refractivity contribution in [1.82, 2.24) is 9.80 Å². The predicted molar refractivity (Wildman–Crippen MR) is 69.1 cm³/mol. The molecule has 2 rings (SSSR count). The highest BCUT2D eigenvalue weighted by Crippen LogP contribution is 2.33. The van der Waals surface area contributed by atoms with Gasteiger partial charge in [0.2, 0.25) is 5.91 Å². The first-order chi connectivity index (χ1) is 9.19. The van der Waals surface area contributed by atoms with Crippen LogP contribution in [0.2, 0.25) is 0 Å². The Bertz CT molecular complexity index is 443. The molecule has 2 saturated heterocycles. The Morgan fingerprint density at radius 1 is 1.40 bits per heavy atom. The molecule has 0 bridgehead atoms. The van der Waals surface area contributed by atoms with E-state index in [4.69, 9.17) is 9.84 Å². The fourth-order valence-electron chi connectivity index (χ4n) is 2.77. The Morgan fingerprint density at radius 3 is 2.60 bits per heavy atom. The number of aliphatic carboxylic acids is 1. The summed E-state index contributed by atoms with van der Waals surface area (Å²) in [6, 6.07) is -0.566. The summed E-state index contributed by atoms with van der Waals surface area (Å²) in [6.07, 6.45) is 0.196. The van der Waals surface area contributed by atoms with Gasteiger partial charge in [-0.25, -0.2) is 4.79 Å². The van der Waals surface area contributed by atoms with E-state index in [1.807, 2.05) is 0 Å². The summed E-state index contributed by atoms with van der Waals surface area (Å²) >= 11 is 0. The number of hydrogen-bond donors (Lipinski definition) is 1. The van der Waals surface area contributed by atoms with Crippen LogP contribution in [-0.2, 0) is 14.3 Å². The lowest BCUT2D eigenvalue weighted by molar-refractivity contribution is -0.143. The van der Waals surface area contributed by atoms with Crippen LogP contribution in [0.4, 0.5) is 4.79 Å². The molecule has 2 atom stereocenters. The molecule has 0 unspecified atom stereocenters. The summed E-state index contributed by atoms with van der Waals surface area (Å²) in [5.74, 6) is -1.32. The third-order valence-electron chi connectivity index (χ3n) is 3.50. The van der Waals surface area contributed by atoms with Crippen molar-refractivity contribution in [2.75, 3.05) is 19.6 Å². The Morgan fingerprint density at radius 2 is 2.05 bits per heavy atom. The number of likely N-dealkylation sites (tertiary alicyclic amines) is 2. The molecule has 2 aliphatic rings. The zero-order valence-electron chi connectivity index (χ0n) is 12.0. The van der Waals surface area contributed by atoms with Gasteiger partial charge in [0.05, 0.1) is 0 Å². The number of carbonyl (C=O) groups excluding carboxylic acids is 2. The van der Waals surface area contributed by atoms with E-state index in [0.29, 0.717) is 19.5 Å². The SMILES string of the molecule is CC(C)(C)OC(=O)N1CC[C@H]2CN(CC(=O)O)C(=O)[C@H]21. The number of nitrogens with zero attached hydrogens (tertiary/aromatic N) is 2. The molecule has 2 amide bonds. The number of carbonyl (C=O) groups is 3. The number of rotatable bonds is 2. The van der Waals surface area contributed by atoms with E-state index in [0.717, 1.165) is 0 Å². The molecule has 0 spiro atoms. The highest BCUT2D eigenvalue weighted by atomic mass is 16.6. The second-order valence-corrected chi connectivity index (χ2v) is 6.28. The summed E-state index contributed by atoms with van der Waals surface area (Å²) < 4.78 is 5.29. The summed E-state index contributed by atoms with van der Waals surface area (Å²) in [6.45, 7) is 5.88. The molecule has 2 fully saturated rings. The smallest absolute Gasteiger partial charge is 0.410 e. The zero-order chi connectivity index (χ0) is 15.1. The van der Waals surface area contributed by atoms with Gasteiger partial charge in [-0.15, -0.1) is 0 Å². The molecular formula is C13H20N2O5. The molecule has 0 aliphatic carbocycles. The Labute approximate surface area is 117 Å². The van der Waals surface area contributed by atoms with Crippen LogP contribution < -0.4 is 0 Å². The van der Waals surface area contributed by atoms with Crippen LogP contribution in [0.15, 0.2) is 0 Å². The number of hydrogen-bond acceptors (Lipinski definition) is 4. The van der Waals surface area contributed by atoms with E-state index in [2.05, 4.69) is 0 Å². The summed E-state index contributed by atoms with van der Waals surface area (Å²) in [7, 11) is 0. The van der Waals surface area contributed by atoms with Crippen LogP contribution in [0.25, 0.3) is 0 Å². The maximum Gasteiger partial charge on any atom is 0.410 e. The van der Waals surface area contributed by atoms with Crippen molar-refractivity contribution < 1.29 is 24.2 Å². The third-order valence-corrected chi connectivity index (χ3v) is 3.50. The van der Waals surface area contributed by atoms with E-state index >= 15 is 0 Å². The molecule has 112 valence electrons. The lowest BCUT2D eigenvalue weighted by atomic mass is 10.0. The first-order valence-corrected chi connectivity index (χ1v) is 6.69. The van der Waals surface area contributed by atoms with Gasteiger partial charge in [0, 0.05) is 19.0 Å². The van der Waals surface area contributed by atoms with E-state index in [1.54, 1.807) is 20.8 Å². The highest BCUT2D eigenvalue weighted by Gasteiger charge is 2.50. The topological polar surface area (TPSA) is 87.2 Å². The predicted octanol–water partition coefficient (Wildman–Crippen LogP) is 0.539. The lowest BCUT2D eigenvalue weighted by Gasteiger charge is -2.27. The zero-order valence-corrected chi connectivity index (χ0v) is 12.0. The van der Waals surface area contributed by atoms with Crippen molar-refractivity contribution in [2.45, 2.75) is 38.8 Å². The number of fused-ring (bicyclic) bond motifs is 1. The highest BCUT2D eigenvalue weighted by molar-refractivity contribution is 5.90. The second kappa shape index (κ2) is 4.96. The van der Waals surface area contributed by atoms with Gasteiger partial charge >= 0.3 is 12.1 Å². The van der Waals surface area contributed by atoms with Crippen molar-refractivity contribution in [1.29, 1.82) is 0 Å². The molecule has 0 aromatic heterocycles. The standard InChI is InChI=1S/C13H20N2O5/c1-13(2,3)20-12(19)15-5-4-8-6-14(7-9(16)17)11(18)10(8)15/h8,10H,4-7H2,1-3H3,(H,16,17)/t8-,10-/m0/s1. The van der Waals surface area contributed by atoms with Gasteiger partial charge in [0.25, 0.3) is 0 Å².